The van der Waals surface area contributed by atoms with E-state index >= 15 is 0 Å². The van der Waals surface area contributed by atoms with Gasteiger partial charge in [-0.05, 0) is 23.8 Å². The zero-order chi connectivity index (χ0) is 15.6. The molecule has 0 unspecified atom stereocenters. The minimum atomic E-state index is -4.55. The predicted octanol–water partition coefficient (Wildman–Crippen LogP) is 4.11. The largest absolute Gasteiger partial charge is 0.508 e. The quantitative estimate of drug-likeness (QED) is 0.907. The second-order valence-electron chi connectivity index (χ2n) is 4.24. The number of nitriles is 1. The Morgan fingerprint density at radius 3 is 2.33 bits per heavy atom. The number of benzene rings is 1. The zero-order valence-corrected chi connectivity index (χ0v) is 11.2. The van der Waals surface area contributed by atoms with Crippen molar-refractivity contribution in [3.63, 3.8) is 0 Å². The first kappa shape index (κ1) is 15.1. The van der Waals surface area contributed by atoms with E-state index in [1.807, 2.05) is 6.07 Å². The fraction of sp³-hybridized carbons (Fsp3) is 0.143. The fourth-order valence-electron chi connectivity index (χ4n) is 1.78. The molecule has 1 aromatic carbocycles. The maximum absolute atomic E-state index is 12.6. The molecule has 3 nitrogen and oxygen atoms in total. The number of halogens is 4. The van der Waals surface area contributed by atoms with Crippen LogP contribution in [0.25, 0.3) is 0 Å². The van der Waals surface area contributed by atoms with Gasteiger partial charge >= 0.3 is 6.18 Å². The summed E-state index contributed by atoms with van der Waals surface area (Å²) >= 11 is 5.83. The van der Waals surface area contributed by atoms with Crippen molar-refractivity contribution in [2.24, 2.45) is 0 Å². The zero-order valence-electron chi connectivity index (χ0n) is 10.4. The highest BCUT2D eigenvalue weighted by Gasteiger charge is 2.32. The number of nitrogens with zero attached hydrogens (tertiary/aromatic N) is 2. The van der Waals surface area contributed by atoms with Gasteiger partial charge in [-0.3, -0.25) is 4.98 Å². The molecule has 2 aromatic rings. The van der Waals surface area contributed by atoms with Crippen LogP contribution in [0, 0.1) is 11.3 Å². The molecule has 108 valence electrons. The fourth-order valence-corrected chi connectivity index (χ4v) is 2.05. The van der Waals surface area contributed by atoms with E-state index in [-0.39, 0.29) is 16.5 Å². The van der Waals surface area contributed by atoms with Crippen molar-refractivity contribution >= 4 is 11.6 Å². The van der Waals surface area contributed by atoms with E-state index in [2.05, 4.69) is 4.98 Å². The van der Waals surface area contributed by atoms with Gasteiger partial charge in [-0.15, -0.1) is 0 Å². The molecule has 0 saturated carbocycles. The number of phenolic OH excluding ortho intramolecular Hbond substituents is 1. The molecule has 21 heavy (non-hydrogen) atoms. The lowest BCUT2D eigenvalue weighted by atomic mass is 9.96. The Morgan fingerprint density at radius 1 is 1.24 bits per heavy atom. The molecule has 0 aliphatic heterocycles. The lowest BCUT2D eigenvalue weighted by Crippen LogP contribution is -2.08. The van der Waals surface area contributed by atoms with Gasteiger partial charge in [0.2, 0.25) is 0 Å². The Balaban J connectivity index is 2.44. The Bertz CT molecular complexity index is 693. The van der Waals surface area contributed by atoms with Gasteiger partial charge in [0.15, 0.2) is 0 Å². The molecule has 0 spiro atoms. The summed E-state index contributed by atoms with van der Waals surface area (Å²) in [6, 6.07) is 8.40. The molecule has 1 atom stereocenters. The molecule has 0 aliphatic rings. The lowest BCUT2D eigenvalue weighted by Gasteiger charge is -2.13. The summed E-state index contributed by atoms with van der Waals surface area (Å²) < 4.78 is 37.7. The first-order valence-electron chi connectivity index (χ1n) is 5.74. The van der Waals surface area contributed by atoms with Crippen LogP contribution in [0.4, 0.5) is 13.2 Å². The average Bonchev–Trinajstić information content (AvgIpc) is 2.42. The average molecular weight is 313 g/mol. The van der Waals surface area contributed by atoms with Crippen molar-refractivity contribution in [3.05, 3.63) is 58.4 Å². The van der Waals surface area contributed by atoms with Gasteiger partial charge in [0.05, 0.1) is 22.3 Å². The molecule has 0 fully saturated rings. The third kappa shape index (κ3) is 3.26. The highest BCUT2D eigenvalue weighted by molar-refractivity contribution is 6.31. The lowest BCUT2D eigenvalue weighted by molar-refractivity contribution is -0.137. The van der Waals surface area contributed by atoms with Gasteiger partial charge in [0, 0.05) is 6.20 Å². The number of rotatable bonds is 2. The third-order valence-corrected chi connectivity index (χ3v) is 3.13. The summed E-state index contributed by atoms with van der Waals surface area (Å²) in [5.74, 6) is -0.901. The van der Waals surface area contributed by atoms with Gasteiger partial charge in [0.25, 0.3) is 0 Å². The van der Waals surface area contributed by atoms with Crippen LogP contribution in [0.1, 0.15) is 22.7 Å². The van der Waals surface area contributed by atoms with Crippen LogP contribution in [-0.2, 0) is 6.18 Å². The summed E-state index contributed by atoms with van der Waals surface area (Å²) in [5.41, 5.74) is -0.457. The van der Waals surface area contributed by atoms with Crippen molar-refractivity contribution in [3.8, 4) is 11.8 Å². The van der Waals surface area contributed by atoms with E-state index in [1.165, 1.54) is 24.3 Å². The van der Waals surface area contributed by atoms with Gasteiger partial charge in [0.1, 0.15) is 11.7 Å². The molecule has 2 rings (SSSR count). The number of hydrogen-bond donors (Lipinski definition) is 1. The number of pyridine rings is 1. The first-order chi connectivity index (χ1) is 9.82. The van der Waals surface area contributed by atoms with Crippen LogP contribution >= 0.6 is 11.6 Å². The normalized spacial score (nSPS) is 12.7. The van der Waals surface area contributed by atoms with Crippen LogP contribution in [0.2, 0.25) is 5.02 Å². The van der Waals surface area contributed by atoms with Gasteiger partial charge in [-0.25, -0.2) is 0 Å². The number of phenols is 1. The monoisotopic (exact) mass is 312 g/mol. The molecule has 0 saturated heterocycles. The Morgan fingerprint density at radius 2 is 1.86 bits per heavy atom. The van der Waals surface area contributed by atoms with Gasteiger partial charge in [-0.2, -0.15) is 18.4 Å². The number of aromatic nitrogens is 1. The van der Waals surface area contributed by atoms with Gasteiger partial charge < -0.3 is 5.11 Å². The molecular formula is C14H8ClF3N2O. The van der Waals surface area contributed by atoms with Crippen molar-refractivity contribution < 1.29 is 18.3 Å². The molecule has 1 N–H and O–H groups in total. The van der Waals surface area contributed by atoms with Crippen LogP contribution in [0.15, 0.2) is 36.5 Å². The van der Waals surface area contributed by atoms with E-state index < -0.39 is 17.7 Å². The smallest absolute Gasteiger partial charge is 0.417 e. The van der Waals surface area contributed by atoms with E-state index in [0.717, 1.165) is 6.07 Å². The molecule has 1 heterocycles. The molecular weight excluding hydrogens is 305 g/mol. The minimum Gasteiger partial charge on any atom is -0.508 e. The Hall–Kier alpha value is -2.26. The van der Waals surface area contributed by atoms with Crippen molar-refractivity contribution in [1.82, 2.24) is 4.98 Å². The molecule has 0 radical (unpaired) electrons. The van der Waals surface area contributed by atoms with E-state index in [0.29, 0.717) is 11.8 Å². The summed E-state index contributed by atoms with van der Waals surface area (Å²) in [6.07, 6.45) is -3.90. The van der Waals surface area contributed by atoms with Crippen LogP contribution in [0.5, 0.6) is 5.75 Å². The summed E-state index contributed by atoms with van der Waals surface area (Å²) in [6.45, 7) is 0. The molecule has 0 amide bonds. The van der Waals surface area contributed by atoms with Crippen LogP contribution in [-0.4, -0.2) is 10.1 Å². The highest BCUT2D eigenvalue weighted by Crippen LogP contribution is 2.34. The summed E-state index contributed by atoms with van der Waals surface area (Å²) in [4.78, 5) is 3.68. The van der Waals surface area contributed by atoms with Crippen molar-refractivity contribution in [2.75, 3.05) is 0 Å². The second-order valence-corrected chi connectivity index (χ2v) is 4.65. The maximum Gasteiger partial charge on any atom is 0.417 e. The number of aromatic hydroxyl groups is 1. The maximum atomic E-state index is 12.6. The number of hydrogen-bond acceptors (Lipinski definition) is 3. The molecule has 0 bridgehead atoms. The standard InChI is InChI=1S/C14H8ClF3N2O/c15-12-5-9(14(16,17)18)7-20-13(12)11(6-19)8-1-3-10(21)4-2-8/h1-5,7,11,21H/t11-/m0/s1. The van der Waals surface area contributed by atoms with E-state index in [9.17, 15) is 23.5 Å². The summed E-state index contributed by atoms with van der Waals surface area (Å²) in [7, 11) is 0. The minimum absolute atomic E-state index is 0.0157. The second kappa shape index (κ2) is 5.62. The topological polar surface area (TPSA) is 56.9 Å². The van der Waals surface area contributed by atoms with Crippen molar-refractivity contribution in [1.29, 1.82) is 5.26 Å². The third-order valence-electron chi connectivity index (χ3n) is 2.83. The van der Waals surface area contributed by atoms with E-state index in [1.54, 1.807) is 0 Å². The molecule has 0 aliphatic carbocycles. The molecule has 1 aromatic heterocycles. The predicted molar refractivity (Wildman–Crippen MR) is 69.8 cm³/mol. The van der Waals surface area contributed by atoms with Crippen LogP contribution < -0.4 is 0 Å². The van der Waals surface area contributed by atoms with Crippen LogP contribution in [0.3, 0.4) is 0 Å². The number of alkyl halides is 3. The first-order valence-corrected chi connectivity index (χ1v) is 6.12. The highest BCUT2D eigenvalue weighted by atomic mass is 35.5. The van der Waals surface area contributed by atoms with Crippen molar-refractivity contribution in [2.45, 2.75) is 12.1 Å². The Kier molecular flexibility index (Phi) is 4.05. The Labute approximate surface area is 123 Å². The molecule has 7 heteroatoms. The van der Waals surface area contributed by atoms with E-state index in [4.69, 9.17) is 11.6 Å². The van der Waals surface area contributed by atoms with Gasteiger partial charge in [-0.1, -0.05) is 23.7 Å². The SMILES string of the molecule is N#C[C@@H](c1ccc(O)cc1)c1ncc(C(F)(F)F)cc1Cl. The summed E-state index contributed by atoms with van der Waals surface area (Å²) in [5, 5.41) is 18.2.